The van der Waals surface area contributed by atoms with Crippen molar-refractivity contribution in [1.29, 1.82) is 0 Å². The van der Waals surface area contributed by atoms with E-state index < -0.39 is 0 Å². The minimum Gasteiger partial charge on any atom is -0.457 e. The highest BCUT2D eigenvalue weighted by Crippen LogP contribution is 2.32. The van der Waals surface area contributed by atoms with E-state index in [0.29, 0.717) is 11.1 Å². The van der Waals surface area contributed by atoms with Crippen LogP contribution >= 0.6 is 11.6 Å². The molecule has 0 aliphatic carbocycles. The second kappa shape index (κ2) is 5.40. The minimum atomic E-state index is 0.416. The molecule has 0 atom stereocenters. The molecule has 0 saturated carbocycles. The number of aromatic nitrogens is 1. The number of aryl methyl sites for hydroxylation is 1. The number of nitrogens with zero attached hydrogens (tertiary/aromatic N) is 1. The zero-order chi connectivity index (χ0) is 13.1. The third-order valence-electron chi connectivity index (χ3n) is 2.78. The first-order valence-corrected chi connectivity index (χ1v) is 6.34. The summed E-state index contributed by atoms with van der Waals surface area (Å²) in [5.74, 6) is 2.04. The molecule has 94 valence electrons. The fourth-order valence-electron chi connectivity index (χ4n) is 1.76. The molecule has 18 heavy (non-hydrogen) atoms. The summed E-state index contributed by atoms with van der Waals surface area (Å²) in [6.45, 7) is 6.25. The quantitative estimate of drug-likeness (QED) is 0.729. The number of para-hydroxylation sites is 1. The predicted molar refractivity (Wildman–Crippen MR) is 74.6 cm³/mol. The topological polar surface area (TPSA) is 22.1 Å². The molecule has 2 nitrogen and oxygen atoms in total. The van der Waals surface area contributed by atoms with Crippen LogP contribution in [0.2, 0.25) is 5.15 Å². The second-order valence-corrected chi connectivity index (χ2v) is 4.95. The van der Waals surface area contributed by atoms with E-state index in [1.807, 2.05) is 25.1 Å². The van der Waals surface area contributed by atoms with Crippen molar-refractivity contribution in [3.63, 3.8) is 0 Å². The molecule has 0 bridgehead atoms. The van der Waals surface area contributed by atoms with E-state index in [-0.39, 0.29) is 0 Å². The van der Waals surface area contributed by atoms with E-state index in [9.17, 15) is 0 Å². The van der Waals surface area contributed by atoms with Crippen LogP contribution < -0.4 is 4.74 Å². The third-order valence-corrected chi connectivity index (χ3v) is 2.99. The van der Waals surface area contributed by atoms with E-state index in [2.05, 4.69) is 24.9 Å². The van der Waals surface area contributed by atoms with Crippen LogP contribution in [0.3, 0.4) is 0 Å². The summed E-state index contributed by atoms with van der Waals surface area (Å²) >= 11 is 5.89. The highest BCUT2D eigenvalue weighted by Gasteiger charge is 2.09. The van der Waals surface area contributed by atoms with E-state index in [0.717, 1.165) is 17.1 Å². The Hall–Kier alpha value is -1.54. The van der Waals surface area contributed by atoms with Crippen LogP contribution in [0.4, 0.5) is 0 Å². The smallest absolute Gasteiger partial charge is 0.134 e. The molecule has 0 fully saturated rings. The lowest BCUT2D eigenvalue weighted by Gasteiger charge is -2.14. The molecule has 1 aromatic heterocycles. The van der Waals surface area contributed by atoms with Gasteiger partial charge in [-0.3, -0.25) is 0 Å². The zero-order valence-corrected chi connectivity index (χ0v) is 11.5. The molecule has 0 unspecified atom stereocenters. The molecule has 2 rings (SSSR count). The van der Waals surface area contributed by atoms with Gasteiger partial charge in [-0.15, -0.1) is 0 Å². The van der Waals surface area contributed by atoms with Gasteiger partial charge in [-0.2, -0.15) is 0 Å². The monoisotopic (exact) mass is 261 g/mol. The van der Waals surface area contributed by atoms with E-state index in [4.69, 9.17) is 16.3 Å². The van der Waals surface area contributed by atoms with Gasteiger partial charge in [-0.25, -0.2) is 4.98 Å². The van der Waals surface area contributed by atoms with Crippen LogP contribution in [-0.4, -0.2) is 4.98 Å². The Morgan fingerprint density at radius 1 is 1.17 bits per heavy atom. The Morgan fingerprint density at radius 3 is 2.61 bits per heavy atom. The van der Waals surface area contributed by atoms with Crippen LogP contribution in [-0.2, 0) is 0 Å². The molecule has 0 radical (unpaired) electrons. The average Bonchev–Trinajstić information content (AvgIpc) is 2.34. The highest BCUT2D eigenvalue weighted by atomic mass is 35.5. The molecule has 0 amide bonds. The fraction of sp³-hybridized carbons (Fsp3) is 0.267. The number of hydrogen-bond donors (Lipinski definition) is 0. The summed E-state index contributed by atoms with van der Waals surface area (Å²) in [4.78, 5) is 4.02. The van der Waals surface area contributed by atoms with Gasteiger partial charge in [0.15, 0.2) is 0 Å². The zero-order valence-electron chi connectivity index (χ0n) is 10.8. The summed E-state index contributed by atoms with van der Waals surface area (Å²) in [6, 6.07) is 9.79. The van der Waals surface area contributed by atoms with Crippen LogP contribution in [0.1, 0.15) is 30.9 Å². The largest absolute Gasteiger partial charge is 0.457 e. The first kappa shape index (κ1) is 12.9. The Balaban J connectivity index is 2.37. The standard InChI is InChI=1S/C15H16ClNO/c1-10(2)12-6-4-5-7-13(12)18-14-8-15(16)17-9-11(14)3/h4-10H,1-3H3. The Kier molecular flexibility index (Phi) is 3.87. The molecule has 3 heteroatoms. The van der Waals surface area contributed by atoms with Gasteiger partial charge in [0, 0.05) is 17.8 Å². The van der Waals surface area contributed by atoms with Crippen LogP contribution in [0, 0.1) is 6.92 Å². The summed E-state index contributed by atoms with van der Waals surface area (Å²) < 4.78 is 5.96. The molecular weight excluding hydrogens is 246 g/mol. The first-order chi connectivity index (χ1) is 8.58. The number of benzene rings is 1. The van der Waals surface area contributed by atoms with E-state index in [1.54, 1.807) is 12.3 Å². The number of hydrogen-bond acceptors (Lipinski definition) is 2. The maximum atomic E-state index is 5.96. The van der Waals surface area contributed by atoms with Gasteiger partial charge >= 0.3 is 0 Å². The molecule has 2 aromatic rings. The highest BCUT2D eigenvalue weighted by molar-refractivity contribution is 6.29. The van der Waals surface area contributed by atoms with Crippen molar-refractivity contribution in [3.05, 3.63) is 52.8 Å². The molecule has 0 saturated heterocycles. The molecule has 0 N–H and O–H groups in total. The van der Waals surface area contributed by atoms with Crippen molar-refractivity contribution < 1.29 is 4.74 Å². The molecule has 0 aliphatic rings. The summed E-state index contributed by atoms with van der Waals surface area (Å²) in [6.07, 6.45) is 1.72. The van der Waals surface area contributed by atoms with Crippen molar-refractivity contribution in [2.45, 2.75) is 26.7 Å². The van der Waals surface area contributed by atoms with E-state index >= 15 is 0 Å². The molecule has 0 aliphatic heterocycles. The fourth-order valence-corrected chi connectivity index (χ4v) is 1.91. The second-order valence-electron chi connectivity index (χ2n) is 4.57. The third kappa shape index (κ3) is 2.82. The van der Waals surface area contributed by atoms with Crippen molar-refractivity contribution in [3.8, 4) is 11.5 Å². The summed E-state index contributed by atoms with van der Waals surface area (Å²) in [5, 5.41) is 0.442. The molecule has 1 aromatic carbocycles. The Labute approximate surface area is 113 Å². The normalized spacial score (nSPS) is 10.7. The Morgan fingerprint density at radius 2 is 1.89 bits per heavy atom. The van der Waals surface area contributed by atoms with Crippen molar-refractivity contribution >= 4 is 11.6 Å². The average molecular weight is 262 g/mol. The van der Waals surface area contributed by atoms with Crippen LogP contribution in [0.5, 0.6) is 11.5 Å². The van der Waals surface area contributed by atoms with Gasteiger partial charge in [0.1, 0.15) is 16.7 Å². The van der Waals surface area contributed by atoms with Crippen LogP contribution in [0.25, 0.3) is 0 Å². The minimum absolute atomic E-state index is 0.416. The number of pyridine rings is 1. The van der Waals surface area contributed by atoms with Gasteiger partial charge in [0.2, 0.25) is 0 Å². The Bertz CT molecular complexity index is 552. The molecular formula is C15H16ClNO. The van der Waals surface area contributed by atoms with Crippen molar-refractivity contribution in [2.24, 2.45) is 0 Å². The van der Waals surface area contributed by atoms with Gasteiger partial charge < -0.3 is 4.74 Å². The van der Waals surface area contributed by atoms with Crippen LogP contribution in [0.15, 0.2) is 36.5 Å². The lowest BCUT2D eigenvalue weighted by Crippen LogP contribution is -1.95. The first-order valence-electron chi connectivity index (χ1n) is 5.97. The lowest BCUT2D eigenvalue weighted by atomic mass is 10.0. The van der Waals surface area contributed by atoms with Gasteiger partial charge in [-0.05, 0) is 24.5 Å². The molecule has 0 spiro atoms. The SMILES string of the molecule is Cc1cnc(Cl)cc1Oc1ccccc1C(C)C. The predicted octanol–water partition coefficient (Wildman–Crippen LogP) is 4.96. The molecule has 1 heterocycles. The van der Waals surface area contributed by atoms with Gasteiger partial charge in [0.05, 0.1) is 0 Å². The number of ether oxygens (including phenoxy) is 1. The summed E-state index contributed by atoms with van der Waals surface area (Å²) in [5.41, 5.74) is 2.16. The van der Waals surface area contributed by atoms with Crippen molar-refractivity contribution in [1.82, 2.24) is 4.98 Å². The lowest BCUT2D eigenvalue weighted by molar-refractivity contribution is 0.469. The van der Waals surface area contributed by atoms with Gasteiger partial charge in [0.25, 0.3) is 0 Å². The van der Waals surface area contributed by atoms with Crippen molar-refractivity contribution in [2.75, 3.05) is 0 Å². The van der Waals surface area contributed by atoms with E-state index in [1.165, 1.54) is 5.56 Å². The number of halogens is 1. The van der Waals surface area contributed by atoms with Gasteiger partial charge in [-0.1, -0.05) is 43.6 Å². The number of rotatable bonds is 3. The maximum absolute atomic E-state index is 5.96. The summed E-state index contributed by atoms with van der Waals surface area (Å²) in [7, 11) is 0. The maximum Gasteiger partial charge on any atom is 0.134 e.